The van der Waals surface area contributed by atoms with Crippen LogP contribution in [0.15, 0.2) is 246 Å². The third-order valence-corrected chi connectivity index (χ3v) is 19.2. The molecule has 15 rings (SSSR count). The first-order valence-corrected chi connectivity index (χ1v) is 31.9. The van der Waals surface area contributed by atoms with Crippen molar-refractivity contribution in [1.82, 2.24) is 0 Å². The van der Waals surface area contributed by atoms with E-state index in [1.54, 1.807) is 82.9 Å². The number of carbonyl (C=O) groups excluding carboxylic acids is 1. The molecule has 0 aromatic heterocycles. The number of fused-ring (bicyclic) bond motifs is 5. The second-order valence-corrected chi connectivity index (χ2v) is 23.9. The van der Waals surface area contributed by atoms with Crippen molar-refractivity contribution in [1.29, 1.82) is 0 Å². The van der Waals surface area contributed by atoms with Gasteiger partial charge in [0.25, 0.3) is 7.11 Å². The lowest BCUT2D eigenvalue weighted by Crippen LogP contribution is -3.00. The van der Waals surface area contributed by atoms with E-state index in [2.05, 4.69) is 72.8 Å². The van der Waals surface area contributed by atoms with Gasteiger partial charge in [0.05, 0.1) is 75.1 Å². The largest absolute Gasteiger partial charge is 1.00 e. The summed E-state index contributed by atoms with van der Waals surface area (Å²) in [5.41, 5.74) is 7.52. The summed E-state index contributed by atoms with van der Waals surface area (Å²) in [6, 6.07) is 68.1. The van der Waals surface area contributed by atoms with E-state index in [4.69, 9.17) is 47.1 Å². The highest BCUT2D eigenvalue weighted by molar-refractivity contribution is 7.99. The summed E-state index contributed by atoms with van der Waals surface area (Å²) in [6.45, 7) is 0. The molecule has 18 heteroatoms. The maximum atomic E-state index is 12.7. The number of benzene rings is 12. The van der Waals surface area contributed by atoms with E-state index in [1.807, 2.05) is 152 Å². The van der Waals surface area contributed by atoms with E-state index in [1.165, 1.54) is 21.5 Å². The molecule has 2 N–H and O–H groups in total. The molecule has 1 heterocycles. The molecule has 2 unspecified atom stereocenters. The van der Waals surface area contributed by atoms with Crippen LogP contribution in [-0.2, 0) is 20.4 Å². The third kappa shape index (κ3) is 12.4. The molecule has 0 saturated heterocycles. The monoisotopic (exact) mass is 1350 g/mol. The quantitative estimate of drug-likeness (QED) is 0.0374. The molecule has 0 fully saturated rings. The van der Waals surface area contributed by atoms with Gasteiger partial charge in [0.1, 0.15) is 68.5 Å². The molecule has 12 aromatic rings. The fraction of sp³-hybridized carbons (Fsp3) is 0.148. The van der Waals surface area contributed by atoms with Gasteiger partial charge in [0.2, 0.25) is 0 Å². The van der Waals surface area contributed by atoms with E-state index in [9.17, 15) is 23.2 Å². The Hall–Kier alpha value is -10.9. The van der Waals surface area contributed by atoms with Crippen molar-refractivity contribution in [2.24, 2.45) is 0 Å². The van der Waals surface area contributed by atoms with Crippen molar-refractivity contribution in [3.8, 4) is 57.1 Å². The number of hydrogen-bond donors (Lipinski definition) is 2. The molecule has 502 valence electrons. The fourth-order valence-electron chi connectivity index (χ4n) is 13.6. The number of halogens is 4. The maximum Gasteiger partial charge on any atom is 0.762 e. The van der Waals surface area contributed by atoms with Crippen molar-refractivity contribution < 1.29 is 74.9 Å². The summed E-state index contributed by atoms with van der Waals surface area (Å²) < 4.78 is 85.2. The van der Waals surface area contributed by atoms with Crippen molar-refractivity contribution in [2.75, 3.05) is 71.1 Å². The lowest BCUT2D eigenvalue weighted by Gasteiger charge is -2.37. The minimum atomic E-state index is -3.67. The van der Waals surface area contributed by atoms with Crippen molar-refractivity contribution in [3.63, 3.8) is 0 Å². The van der Waals surface area contributed by atoms with E-state index in [-0.39, 0.29) is 4.70 Å². The minimum absolute atomic E-state index is 0. The van der Waals surface area contributed by atoms with Crippen LogP contribution in [0.5, 0.6) is 46.0 Å². The highest BCUT2D eigenvalue weighted by Gasteiger charge is 2.44. The van der Waals surface area contributed by atoms with Crippen LogP contribution >= 0.6 is 11.8 Å². The first kappa shape index (κ1) is 69.4. The molecule has 0 bridgehead atoms. The van der Waals surface area contributed by atoms with Crippen molar-refractivity contribution in [3.05, 3.63) is 280 Å². The summed E-state index contributed by atoms with van der Waals surface area (Å²) in [6.07, 6.45) is 5.63. The number of methoxy groups -OCH3 is 9. The van der Waals surface area contributed by atoms with Gasteiger partial charge >= 0.3 is 13.3 Å². The number of rotatable bonds is 13. The molecule has 0 saturated carbocycles. The molecular weight excluding hydrogens is 1280 g/mol. The first-order chi connectivity index (χ1) is 47.6. The zero-order valence-electron chi connectivity index (χ0n) is 55.8. The standard InChI is InChI=1S/C31H22O3S.C25H27O6.C25H20O3.BF3.FH/c1-33-22-11-9-21(10-12-22)31(32)25-15-13-23(34-2)17-27(25)35-30-24-14-8-19-5-3-4-18-6-7-20(16-26(30)31)29(24)28(18)19;1-26-16-10-7-11-17(27-2)22(16)25(23-18(28-3)12-8-13-19(23)29-4)24-20(30-5)14-9-15-21(24)31-6;1-27-18-11-9-17(10-12-18)25(26)22-14-13-19(28-2)15-21(22)20-7-3-5-16-6-4-8-23(25)24(16)20;2-1(3)4;/h3-17,32H,1-2H3;7-15H,1-6H3;3-15,26H,1-2H3;;1H/q;+1;;;/p-1. The lowest BCUT2D eigenvalue weighted by atomic mass is 9.70. The topological polar surface area (TPSA) is 135 Å². The van der Waals surface area contributed by atoms with Gasteiger partial charge in [-0.05, 0) is 156 Å². The van der Waals surface area contributed by atoms with Crippen molar-refractivity contribution >= 4 is 73.8 Å². The molecule has 3 aliphatic rings. The molecule has 0 radical (unpaired) electrons. The van der Waals surface area contributed by atoms with Gasteiger partial charge in [-0.25, -0.2) is 0 Å². The molecule has 0 amide bonds. The van der Waals surface area contributed by atoms with Gasteiger partial charge in [0.15, 0.2) is 0 Å². The van der Waals surface area contributed by atoms with Gasteiger partial charge in [-0.15, -0.1) is 0 Å². The van der Waals surface area contributed by atoms with Gasteiger partial charge in [0, 0.05) is 43.7 Å². The predicted molar refractivity (Wildman–Crippen MR) is 383 cm³/mol. The second kappa shape index (κ2) is 29.4. The normalized spacial score (nSPS) is 15.6. The Morgan fingerprint density at radius 1 is 0.424 bits per heavy atom. The van der Waals surface area contributed by atoms with Gasteiger partial charge in [-0.2, -0.15) is 0 Å². The van der Waals surface area contributed by atoms with Crippen LogP contribution in [0.25, 0.3) is 59.8 Å². The summed E-state index contributed by atoms with van der Waals surface area (Å²) in [5.74, 6) is 6.79. The maximum absolute atomic E-state index is 12.7. The fourth-order valence-corrected chi connectivity index (χ4v) is 14.9. The van der Waals surface area contributed by atoms with Crippen molar-refractivity contribution in [2.45, 2.75) is 21.0 Å². The number of ether oxygens (including phenoxy) is 9. The van der Waals surface area contributed by atoms with E-state index < -0.39 is 18.7 Å². The minimum Gasteiger partial charge on any atom is -1.00 e. The zero-order valence-corrected chi connectivity index (χ0v) is 56.7. The Morgan fingerprint density at radius 2 is 0.879 bits per heavy atom. The van der Waals surface area contributed by atoms with Gasteiger partial charge < -0.3 is 57.5 Å². The van der Waals surface area contributed by atoms with E-state index in [0.29, 0.717) is 34.5 Å². The average Bonchev–Trinajstić information content (AvgIpc) is 0.709. The number of aliphatic hydroxyl groups is 2. The number of allylic oxidation sites excluding steroid dienone is 4. The Labute approximate surface area is 575 Å². The lowest BCUT2D eigenvalue weighted by molar-refractivity contribution is -0.418. The van der Waals surface area contributed by atoms with Crippen LogP contribution in [0.2, 0.25) is 0 Å². The van der Waals surface area contributed by atoms with E-state index in [0.717, 1.165) is 121 Å². The van der Waals surface area contributed by atoms with Crippen LogP contribution in [0.4, 0.5) is 12.9 Å². The Morgan fingerprint density at radius 3 is 1.39 bits per heavy atom. The average molecular weight is 1350 g/mol. The molecule has 2 atom stereocenters. The molecule has 0 spiro atoms. The SMILES string of the molecule is COC1=CC=CC(=[O+]C)C1=C(c1c(OC)cccc1OC)c1c(OC)cccc1OC.COc1ccc(C2(O)c3ccc(OC)cc3-c3cccc4cccc2c34)cc1.COc1ccc(C2(O)c3ccc(OC)cc3Sc3c2cc2ccc4cccc5ccc3c2c45)cc1.FB(F)F.[F-]. The molecule has 2 aliphatic carbocycles. The molecule has 1 aliphatic heterocycles. The van der Waals surface area contributed by atoms with E-state index >= 15 is 0 Å². The van der Waals surface area contributed by atoms with Crippen LogP contribution in [0.1, 0.15) is 44.5 Å². The van der Waals surface area contributed by atoms with Crippen LogP contribution in [-0.4, -0.2) is 94.6 Å². The number of hydrogen-bond acceptors (Lipinski definition) is 12. The first-order valence-electron chi connectivity index (χ1n) is 31.1. The zero-order chi connectivity index (χ0) is 69.0. The highest BCUT2D eigenvalue weighted by Crippen LogP contribution is 2.57. The summed E-state index contributed by atoms with van der Waals surface area (Å²) in [4.78, 5) is 2.07. The Kier molecular flexibility index (Phi) is 20.6. The Balaban J connectivity index is 0.000000146. The Bertz CT molecular complexity index is 4970. The summed E-state index contributed by atoms with van der Waals surface area (Å²) in [7, 11) is 12.7. The molecular formula is C81H69BF4O12S. The molecule has 12 nitrogen and oxygen atoms in total. The van der Waals surface area contributed by atoms with Crippen LogP contribution < -0.4 is 42.6 Å². The predicted octanol–water partition coefficient (Wildman–Crippen LogP) is 14.7. The molecule has 12 aromatic carbocycles. The smallest absolute Gasteiger partial charge is 0.762 e. The molecule has 99 heavy (non-hydrogen) atoms. The highest BCUT2D eigenvalue weighted by atomic mass is 32.2. The summed E-state index contributed by atoms with van der Waals surface area (Å²) >= 11 is 1.70. The second-order valence-electron chi connectivity index (χ2n) is 22.8. The van der Waals surface area contributed by atoms with Crippen LogP contribution in [0.3, 0.4) is 0 Å². The number of ketones is 1. The van der Waals surface area contributed by atoms with Crippen LogP contribution in [0, 0.1) is 0 Å². The summed E-state index contributed by atoms with van der Waals surface area (Å²) in [5, 5.41) is 34.3. The van der Waals surface area contributed by atoms with Gasteiger partial charge in [-0.1, -0.05) is 139 Å². The van der Waals surface area contributed by atoms with Gasteiger partial charge in [-0.3, -0.25) is 17.4 Å². The third-order valence-electron chi connectivity index (χ3n) is 18.0.